The molecule has 0 bridgehead atoms. The molecule has 0 fully saturated rings. The van der Waals surface area contributed by atoms with Crippen molar-refractivity contribution in [1.29, 1.82) is 0 Å². The van der Waals surface area contributed by atoms with Gasteiger partial charge < -0.3 is 5.11 Å². The van der Waals surface area contributed by atoms with Crippen LogP contribution in [0.1, 0.15) is 31.0 Å². The van der Waals surface area contributed by atoms with Gasteiger partial charge in [-0.25, -0.2) is 4.98 Å². The largest absolute Gasteiger partial charge is 0.481 e. The summed E-state index contributed by atoms with van der Waals surface area (Å²) in [6.07, 6.45) is 1.27. The van der Waals surface area contributed by atoms with Crippen molar-refractivity contribution in [3.63, 3.8) is 0 Å². The Hall–Kier alpha value is -0.900. The van der Waals surface area contributed by atoms with Crippen molar-refractivity contribution < 1.29 is 9.90 Å². The van der Waals surface area contributed by atoms with Gasteiger partial charge in [-0.1, -0.05) is 13.8 Å². The van der Waals surface area contributed by atoms with Crippen LogP contribution in [0.4, 0.5) is 0 Å². The summed E-state index contributed by atoms with van der Waals surface area (Å²) in [7, 11) is 0. The third kappa shape index (κ3) is 4.00. The number of hydrogen-bond acceptors (Lipinski definition) is 3. The third-order valence-corrected chi connectivity index (χ3v) is 3.05. The molecule has 0 radical (unpaired) electrons. The molecule has 15 heavy (non-hydrogen) atoms. The van der Waals surface area contributed by atoms with E-state index < -0.39 is 5.97 Å². The number of thiazole rings is 1. The van der Waals surface area contributed by atoms with Gasteiger partial charge in [-0.05, 0) is 19.3 Å². The molecule has 0 aromatic carbocycles. The molecule has 1 N–H and O–H groups in total. The zero-order chi connectivity index (χ0) is 11.4. The van der Waals surface area contributed by atoms with Gasteiger partial charge in [-0.3, -0.25) is 4.79 Å². The molecule has 1 unspecified atom stereocenters. The summed E-state index contributed by atoms with van der Waals surface area (Å²) >= 11 is 1.57. The molecule has 0 aliphatic rings. The van der Waals surface area contributed by atoms with E-state index in [1.165, 1.54) is 0 Å². The van der Waals surface area contributed by atoms with Crippen molar-refractivity contribution in [1.82, 2.24) is 4.98 Å². The van der Waals surface area contributed by atoms with Gasteiger partial charge >= 0.3 is 5.97 Å². The van der Waals surface area contributed by atoms with E-state index in [0.717, 1.165) is 10.7 Å². The van der Waals surface area contributed by atoms with Crippen LogP contribution in [0.3, 0.4) is 0 Å². The van der Waals surface area contributed by atoms with Crippen molar-refractivity contribution in [3.8, 4) is 0 Å². The zero-order valence-electron chi connectivity index (χ0n) is 9.36. The number of aliphatic carboxylic acids is 1. The Morgan fingerprint density at radius 2 is 2.27 bits per heavy atom. The van der Waals surface area contributed by atoms with Crippen LogP contribution in [0.2, 0.25) is 0 Å². The summed E-state index contributed by atoms with van der Waals surface area (Å²) < 4.78 is 0. The van der Waals surface area contributed by atoms with Crippen molar-refractivity contribution in [3.05, 3.63) is 16.1 Å². The molecule has 0 spiro atoms. The average molecular weight is 227 g/mol. The van der Waals surface area contributed by atoms with Gasteiger partial charge in [0.25, 0.3) is 0 Å². The number of nitrogens with zero attached hydrogens (tertiary/aromatic N) is 1. The topological polar surface area (TPSA) is 50.2 Å². The van der Waals surface area contributed by atoms with Crippen molar-refractivity contribution in [2.45, 2.75) is 33.6 Å². The molecule has 0 amide bonds. The van der Waals surface area contributed by atoms with Crippen LogP contribution in [0.25, 0.3) is 0 Å². The Morgan fingerprint density at radius 1 is 1.60 bits per heavy atom. The number of carboxylic acids is 1. The molecule has 1 aromatic rings. The normalized spacial score (nSPS) is 13.1. The standard InChI is InChI=1S/C11H17NO2S/c1-7(2)4-9(11(13)14)5-10-6-15-8(3)12-10/h6-7,9H,4-5H2,1-3H3,(H,13,14). The van der Waals surface area contributed by atoms with E-state index in [1.807, 2.05) is 26.2 Å². The third-order valence-electron chi connectivity index (χ3n) is 2.23. The van der Waals surface area contributed by atoms with Crippen LogP contribution in [0, 0.1) is 18.8 Å². The number of carbonyl (C=O) groups is 1. The predicted octanol–water partition coefficient (Wildman–Crippen LogP) is 2.74. The minimum Gasteiger partial charge on any atom is -0.481 e. The van der Waals surface area contributed by atoms with Gasteiger partial charge in [0, 0.05) is 11.8 Å². The summed E-state index contributed by atoms with van der Waals surface area (Å²) in [5, 5.41) is 12.0. The summed E-state index contributed by atoms with van der Waals surface area (Å²) in [5.41, 5.74) is 0.908. The predicted molar refractivity (Wildman–Crippen MR) is 61.1 cm³/mol. The highest BCUT2D eigenvalue weighted by atomic mass is 32.1. The lowest BCUT2D eigenvalue weighted by Crippen LogP contribution is -2.18. The Bertz CT molecular complexity index is 333. The van der Waals surface area contributed by atoms with Crippen LogP contribution < -0.4 is 0 Å². The Kier molecular flexibility index (Phi) is 4.27. The number of carboxylic acid groups (broad SMARTS) is 1. The number of aromatic nitrogens is 1. The van der Waals surface area contributed by atoms with Gasteiger partial charge in [-0.15, -0.1) is 11.3 Å². The number of aryl methyl sites for hydroxylation is 1. The molecule has 0 aliphatic carbocycles. The summed E-state index contributed by atoms with van der Waals surface area (Å²) in [6, 6.07) is 0. The molecule has 84 valence electrons. The smallest absolute Gasteiger partial charge is 0.306 e. The van der Waals surface area contributed by atoms with Crippen molar-refractivity contribution in [2.75, 3.05) is 0 Å². The van der Waals surface area contributed by atoms with E-state index in [2.05, 4.69) is 4.98 Å². The fraction of sp³-hybridized carbons (Fsp3) is 0.636. The van der Waals surface area contributed by atoms with E-state index in [1.54, 1.807) is 11.3 Å². The number of rotatable bonds is 5. The summed E-state index contributed by atoms with van der Waals surface area (Å²) in [6.45, 7) is 6.02. The van der Waals surface area contributed by atoms with Crippen molar-refractivity contribution in [2.24, 2.45) is 11.8 Å². The molecule has 0 saturated carbocycles. The maximum atomic E-state index is 11.0. The highest BCUT2D eigenvalue weighted by Gasteiger charge is 2.20. The molecule has 1 heterocycles. The highest BCUT2D eigenvalue weighted by Crippen LogP contribution is 2.19. The monoisotopic (exact) mass is 227 g/mol. The summed E-state index contributed by atoms with van der Waals surface area (Å²) in [5.74, 6) is -0.605. The van der Waals surface area contributed by atoms with Crippen LogP contribution in [0.5, 0.6) is 0 Å². The lowest BCUT2D eigenvalue weighted by atomic mass is 9.93. The van der Waals surface area contributed by atoms with E-state index >= 15 is 0 Å². The van der Waals surface area contributed by atoms with Gasteiger partial charge in [0.2, 0.25) is 0 Å². The Balaban J connectivity index is 2.62. The molecule has 1 rings (SSSR count). The molecule has 3 nitrogen and oxygen atoms in total. The van der Waals surface area contributed by atoms with E-state index in [9.17, 15) is 4.79 Å². The van der Waals surface area contributed by atoms with Crippen LogP contribution >= 0.6 is 11.3 Å². The van der Waals surface area contributed by atoms with Crippen molar-refractivity contribution >= 4 is 17.3 Å². The molecule has 1 aromatic heterocycles. The lowest BCUT2D eigenvalue weighted by Gasteiger charge is -2.12. The molecule has 0 aliphatic heterocycles. The second kappa shape index (κ2) is 5.26. The molecular formula is C11H17NO2S. The van der Waals surface area contributed by atoms with E-state index in [-0.39, 0.29) is 5.92 Å². The van der Waals surface area contributed by atoms with E-state index in [0.29, 0.717) is 18.8 Å². The van der Waals surface area contributed by atoms with Gasteiger partial charge in [0.05, 0.1) is 16.6 Å². The average Bonchev–Trinajstić information content (AvgIpc) is 2.49. The highest BCUT2D eigenvalue weighted by molar-refractivity contribution is 7.09. The van der Waals surface area contributed by atoms with Gasteiger partial charge in [-0.2, -0.15) is 0 Å². The van der Waals surface area contributed by atoms with Gasteiger partial charge in [0.15, 0.2) is 0 Å². The quantitative estimate of drug-likeness (QED) is 0.841. The van der Waals surface area contributed by atoms with Gasteiger partial charge in [0.1, 0.15) is 0 Å². The SMILES string of the molecule is Cc1nc(CC(CC(C)C)C(=O)O)cs1. The first-order valence-corrected chi connectivity index (χ1v) is 6.00. The maximum absolute atomic E-state index is 11.0. The summed E-state index contributed by atoms with van der Waals surface area (Å²) in [4.78, 5) is 15.3. The molecular weight excluding hydrogens is 210 g/mol. The zero-order valence-corrected chi connectivity index (χ0v) is 10.2. The lowest BCUT2D eigenvalue weighted by molar-refractivity contribution is -0.142. The second-order valence-corrected chi connectivity index (χ2v) is 5.29. The Morgan fingerprint density at radius 3 is 2.67 bits per heavy atom. The molecule has 0 saturated heterocycles. The first-order chi connectivity index (χ1) is 6.99. The second-order valence-electron chi connectivity index (χ2n) is 4.23. The number of hydrogen-bond donors (Lipinski definition) is 1. The van der Waals surface area contributed by atoms with E-state index in [4.69, 9.17) is 5.11 Å². The van der Waals surface area contributed by atoms with Crippen LogP contribution in [0.15, 0.2) is 5.38 Å². The van der Waals surface area contributed by atoms with Crippen LogP contribution in [-0.2, 0) is 11.2 Å². The first-order valence-electron chi connectivity index (χ1n) is 5.13. The molecule has 1 atom stereocenters. The minimum absolute atomic E-state index is 0.300. The first kappa shape index (κ1) is 12.2. The fourth-order valence-electron chi connectivity index (χ4n) is 1.59. The minimum atomic E-state index is -0.714. The Labute approximate surface area is 94.2 Å². The molecule has 4 heteroatoms. The van der Waals surface area contributed by atoms with Crippen LogP contribution in [-0.4, -0.2) is 16.1 Å². The fourth-order valence-corrected chi connectivity index (χ4v) is 2.22. The maximum Gasteiger partial charge on any atom is 0.306 e.